The zero-order chi connectivity index (χ0) is 11.5. The number of aliphatic hydroxyl groups is 1. The fraction of sp³-hybridized carbons (Fsp3) is 0.364. The maximum Gasteiger partial charge on any atom is 0.252 e. The van der Waals surface area contributed by atoms with Gasteiger partial charge in [-0.1, -0.05) is 0 Å². The molecule has 4 nitrogen and oxygen atoms in total. The van der Waals surface area contributed by atoms with Crippen molar-refractivity contribution in [1.29, 1.82) is 0 Å². The highest BCUT2D eigenvalue weighted by Gasteiger charge is 2.14. The van der Waals surface area contributed by atoms with Crippen LogP contribution in [0.15, 0.2) is 18.3 Å². The second-order valence-electron chi connectivity index (χ2n) is 4.03. The van der Waals surface area contributed by atoms with Gasteiger partial charge in [0.05, 0.1) is 11.2 Å². The first-order valence-corrected chi connectivity index (χ1v) is 4.67. The van der Waals surface area contributed by atoms with E-state index in [2.05, 4.69) is 17.2 Å². The molecule has 2 N–H and O–H groups in total. The van der Waals surface area contributed by atoms with Crippen LogP contribution < -0.4 is 5.32 Å². The van der Waals surface area contributed by atoms with E-state index in [1.54, 1.807) is 26.0 Å². The van der Waals surface area contributed by atoms with Crippen LogP contribution in [0.5, 0.6) is 0 Å². The lowest BCUT2D eigenvalue weighted by molar-refractivity contribution is 0.0694. The van der Waals surface area contributed by atoms with E-state index < -0.39 is 5.60 Å². The quantitative estimate of drug-likeness (QED) is 0.769. The van der Waals surface area contributed by atoms with Gasteiger partial charge in [0.25, 0.3) is 5.91 Å². The minimum atomic E-state index is -0.907. The Bertz CT molecular complexity index is 339. The molecule has 0 atom stereocenters. The summed E-state index contributed by atoms with van der Waals surface area (Å²) in [6.07, 6.45) is 1.46. The Kier molecular flexibility index (Phi) is 3.42. The smallest absolute Gasteiger partial charge is 0.252 e. The fourth-order valence-corrected chi connectivity index (χ4v) is 0.957. The minimum absolute atomic E-state index is 0.206. The molecule has 0 fully saturated rings. The van der Waals surface area contributed by atoms with Crippen LogP contribution >= 0.6 is 0 Å². The molecule has 1 rings (SSSR count). The molecule has 4 heteroatoms. The largest absolute Gasteiger partial charge is 0.389 e. The molecule has 0 aliphatic heterocycles. The van der Waals surface area contributed by atoms with Crippen LogP contribution in [0.25, 0.3) is 0 Å². The van der Waals surface area contributed by atoms with Gasteiger partial charge in [-0.15, -0.1) is 0 Å². The molecule has 1 aromatic heterocycles. The molecule has 1 radical (unpaired) electrons. The van der Waals surface area contributed by atoms with Gasteiger partial charge in [-0.2, -0.15) is 0 Å². The molecule has 0 bridgehead atoms. The van der Waals surface area contributed by atoms with Crippen molar-refractivity contribution in [2.45, 2.75) is 19.4 Å². The Balaban J connectivity index is 2.58. The highest BCUT2D eigenvalue weighted by Crippen LogP contribution is 2.01. The van der Waals surface area contributed by atoms with E-state index in [4.69, 9.17) is 0 Å². The second kappa shape index (κ2) is 4.40. The molecule has 0 aliphatic rings. The van der Waals surface area contributed by atoms with Crippen molar-refractivity contribution in [3.8, 4) is 0 Å². The summed E-state index contributed by atoms with van der Waals surface area (Å²) < 4.78 is 0. The van der Waals surface area contributed by atoms with Gasteiger partial charge in [0.15, 0.2) is 0 Å². The van der Waals surface area contributed by atoms with Crippen molar-refractivity contribution < 1.29 is 9.90 Å². The van der Waals surface area contributed by atoms with Crippen molar-refractivity contribution in [3.63, 3.8) is 0 Å². The number of hydrogen-bond acceptors (Lipinski definition) is 3. The molecule has 0 saturated carbocycles. The number of rotatable bonds is 3. The molecule has 81 valence electrons. The Morgan fingerprint density at radius 2 is 2.27 bits per heavy atom. The fourth-order valence-electron chi connectivity index (χ4n) is 0.957. The van der Waals surface area contributed by atoms with E-state index >= 15 is 0 Å². The van der Waals surface area contributed by atoms with E-state index in [0.29, 0.717) is 11.3 Å². The van der Waals surface area contributed by atoms with Gasteiger partial charge in [-0.25, -0.2) is 0 Å². The number of carbonyl (C=O) groups is 1. The van der Waals surface area contributed by atoms with E-state index in [1.807, 2.05) is 0 Å². The number of hydrogen-bond donors (Lipinski definition) is 2. The monoisotopic (exact) mass is 207 g/mol. The normalized spacial score (nSPS) is 11.2. The molecule has 1 aromatic rings. The first-order valence-electron chi connectivity index (χ1n) is 4.67. The van der Waals surface area contributed by atoms with Crippen LogP contribution in [0, 0.1) is 6.92 Å². The summed E-state index contributed by atoms with van der Waals surface area (Å²) in [6, 6.07) is 3.31. The summed E-state index contributed by atoms with van der Waals surface area (Å²) >= 11 is 0. The van der Waals surface area contributed by atoms with E-state index in [-0.39, 0.29) is 12.5 Å². The Morgan fingerprint density at radius 3 is 2.73 bits per heavy atom. The number of nitrogens with one attached hydrogen (secondary N) is 1. The molecule has 1 amide bonds. The molecule has 0 aromatic carbocycles. The maximum absolute atomic E-state index is 11.5. The second-order valence-corrected chi connectivity index (χ2v) is 4.03. The standard InChI is InChI=1S/C11H15N2O2/c1-8-4-5-9(6-12-8)10(14)13-7-11(2,3)15/h4-6,15H,1,7H2,2-3H3,(H,13,14). The molecular formula is C11H15N2O2. The van der Waals surface area contributed by atoms with Crippen LogP contribution in [0.1, 0.15) is 29.9 Å². The molecule has 0 spiro atoms. The van der Waals surface area contributed by atoms with Gasteiger partial charge in [0.2, 0.25) is 0 Å². The lowest BCUT2D eigenvalue weighted by Gasteiger charge is -2.17. The average Bonchev–Trinajstić information content (AvgIpc) is 2.14. The van der Waals surface area contributed by atoms with Gasteiger partial charge in [0.1, 0.15) is 0 Å². The number of pyridine rings is 1. The van der Waals surface area contributed by atoms with E-state index in [0.717, 1.165) is 0 Å². The maximum atomic E-state index is 11.5. The summed E-state index contributed by atoms with van der Waals surface area (Å²) in [4.78, 5) is 15.4. The first-order chi connectivity index (χ1) is 6.88. The molecule has 0 aliphatic carbocycles. The third-order valence-corrected chi connectivity index (χ3v) is 1.77. The summed E-state index contributed by atoms with van der Waals surface area (Å²) in [5.41, 5.74) is 0.177. The number of nitrogens with zero attached hydrogens (tertiary/aromatic N) is 1. The van der Waals surface area contributed by atoms with Crippen LogP contribution in [0.4, 0.5) is 0 Å². The summed E-state index contributed by atoms with van der Waals surface area (Å²) in [5.74, 6) is -0.246. The third-order valence-electron chi connectivity index (χ3n) is 1.77. The van der Waals surface area contributed by atoms with Crippen molar-refractivity contribution in [1.82, 2.24) is 10.3 Å². The van der Waals surface area contributed by atoms with Gasteiger partial charge in [0, 0.05) is 18.4 Å². The van der Waals surface area contributed by atoms with Gasteiger partial charge in [-0.3, -0.25) is 9.78 Å². The van der Waals surface area contributed by atoms with Crippen LogP contribution in [0.3, 0.4) is 0 Å². The highest BCUT2D eigenvalue weighted by atomic mass is 16.3. The van der Waals surface area contributed by atoms with Crippen LogP contribution in [-0.2, 0) is 0 Å². The highest BCUT2D eigenvalue weighted by molar-refractivity contribution is 5.93. The zero-order valence-corrected chi connectivity index (χ0v) is 8.95. The number of carbonyl (C=O) groups excluding carboxylic acids is 1. The van der Waals surface area contributed by atoms with Crippen molar-refractivity contribution in [2.75, 3.05) is 6.54 Å². The Labute approximate surface area is 89.3 Å². The molecule has 15 heavy (non-hydrogen) atoms. The minimum Gasteiger partial charge on any atom is -0.389 e. The third kappa shape index (κ3) is 4.08. The van der Waals surface area contributed by atoms with Gasteiger partial charge < -0.3 is 10.4 Å². The SMILES string of the molecule is [CH2]c1ccc(C(=O)NCC(C)(C)O)cn1. The Hall–Kier alpha value is -1.42. The molecule has 0 unspecified atom stereocenters. The number of amides is 1. The van der Waals surface area contributed by atoms with Crippen molar-refractivity contribution in [2.24, 2.45) is 0 Å². The van der Waals surface area contributed by atoms with Crippen molar-refractivity contribution >= 4 is 5.91 Å². The summed E-state index contributed by atoms with van der Waals surface area (Å²) in [6.45, 7) is 7.09. The van der Waals surface area contributed by atoms with E-state index in [9.17, 15) is 9.90 Å². The lowest BCUT2D eigenvalue weighted by Crippen LogP contribution is -2.38. The molecule has 1 heterocycles. The Morgan fingerprint density at radius 1 is 1.60 bits per heavy atom. The zero-order valence-electron chi connectivity index (χ0n) is 8.95. The average molecular weight is 207 g/mol. The van der Waals surface area contributed by atoms with Crippen LogP contribution in [-0.4, -0.2) is 28.1 Å². The topological polar surface area (TPSA) is 62.2 Å². The predicted octanol–water partition coefficient (Wildman–Crippen LogP) is 0.764. The van der Waals surface area contributed by atoms with Crippen molar-refractivity contribution in [3.05, 3.63) is 36.5 Å². The summed E-state index contributed by atoms with van der Waals surface area (Å²) in [7, 11) is 0. The molecule has 0 saturated heterocycles. The van der Waals surface area contributed by atoms with Gasteiger partial charge >= 0.3 is 0 Å². The molecular weight excluding hydrogens is 192 g/mol. The first kappa shape index (κ1) is 11.7. The van der Waals surface area contributed by atoms with Gasteiger partial charge in [-0.05, 0) is 32.9 Å². The lowest BCUT2D eigenvalue weighted by atomic mass is 10.1. The predicted molar refractivity (Wildman–Crippen MR) is 57.3 cm³/mol. The summed E-state index contributed by atoms with van der Waals surface area (Å²) in [5, 5.41) is 12.0. The number of aromatic nitrogens is 1. The van der Waals surface area contributed by atoms with Crippen LogP contribution in [0.2, 0.25) is 0 Å². The van der Waals surface area contributed by atoms with E-state index in [1.165, 1.54) is 6.20 Å².